The van der Waals surface area contributed by atoms with Crippen molar-refractivity contribution in [3.05, 3.63) is 11.6 Å². The molecule has 5 nitrogen and oxygen atoms in total. The molecule has 3 aliphatic rings. The average molecular weight is 419 g/mol. The van der Waals surface area contributed by atoms with Crippen LogP contribution in [0.15, 0.2) is 11.6 Å². The Morgan fingerprint density at radius 2 is 1.90 bits per heavy atom. The normalized spacial score (nSPS) is 30.6. The van der Waals surface area contributed by atoms with E-state index >= 15 is 0 Å². The first-order valence-corrected chi connectivity index (χ1v) is 12.5. The Labute approximate surface area is 183 Å². The van der Waals surface area contributed by atoms with Crippen molar-refractivity contribution in [3.8, 4) is 0 Å². The number of urea groups is 1. The molecular formula is C25H42N2O3. The minimum Gasteiger partial charge on any atom is -0.463 e. The number of carbonyl (C=O) groups excluding carboxylic acids is 2. The zero-order valence-corrected chi connectivity index (χ0v) is 19.3. The van der Waals surface area contributed by atoms with Gasteiger partial charge in [-0.15, -0.1) is 0 Å². The van der Waals surface area contributed by atoms with Crippen LogP contribution in [0.5, 0.6) is 0 Å². The van der Waals surface area contributed by atoms with Crippen molar-refractivity contribution in [2.24, 2.45) is 11.8 Å². The van der Waals surface area contributed by atoms with Crippen LogP contribution in [0.2, 0.25) is 0 Å². The summed E-state index contributed by atoms with van der Waals surface area (Å²) in [5.41, 5.74) is 0.740. The number of fused-ring (bicyclic) bond motifs is 1. The number of ether oxygens (including phenoxy) is 1. The summed E-state index contributed by atoms with van der Waals surface area (Å²) < 4.78 is 5.11. The fraction of sp³-hybridized carbons (Fsp3) is 0.840. The zero-order valence-electron chi connectivity index (χ0n) is 19.3. The van der Waals surface area contributed by atoms with Crippen molar-refractivity contribution in [1.29, 1.82) is 0 Å². The van der Waals surface area contributed by atoms with E-state index in [1.54, 1.807) is 0 Å². The number of esters is 1. The molecule has 0 radical (unpaired) electrons. The van der Waals surface area contributed by atoms with Crippen LogP contribution in [0.3, 0.4) is 0 Å². The average Bonchev–Trinajstić information content (AvgIpc) is 3.08. The lowest BCUT2D eigenvalue weighted by Gasteiger charge is -2.39. The second-order valence-electron chi connectivity index (χ2n) is 9.72. The molecule has 2 saturated carbocycles. The number of nitrogens with one attached hydrogen (secondary N) is 1. The molecule has 3 rings (SSSR count). The summed E-state index contributed by atoms with van der Waals surface area (Å²) in [6.07, 6.45) is 16.3. The highest BCUT2D eigenvalue weighted by Gasteiger charge is 2.44. The molecule has 170 valence electrons. The van der Waals surface area contributed by atoms with Crippen LogP contribution < -0.4 is 5.32 Å². The predicted octanol–water partition coefficient (Wildman–Crippen LogP) is 5.59. The molecule has 2 amide bonds. The Hall–Kier alpha value is -1.52. The van der Waals surface area contributed by atoms with Crippen LogP contribution in [0.25, 0.3) is 0 Å². The highest BCUT2D eigenvalue weighted by molar-refractivity contribution is 5.87. The van der Waals surface area contributed by atoms with E-state index in [-0.39, 0.29) is 12.0 Å². The largest absolute Gasteiger partial charge is 0.463 e. The van der Waals surface area contributed by atoms with Gasteiger partial charge in [-0.3, -0.25) is 0 Å². The summed E-state index contributed by atoms with van der Waals surface area (Å²) in [7, 11) is 0. The number of hydrogen-bond donors (Lipinski definition) is 1. The van der Waals surface area contributed by atoms with E-state index in [4.69, 9.17) is 4.74 Å². The lowest BCUT2D eigenvalue weighted by atomic mass is 9.78. The molecule has 1 saturated heterocycles. The number of allylic oxidation sites excluding steroid dienone is 1. The molecule has 0 spiro atoms. The van der Waals surface area contributed by atoms with Crippen molar-refractivity contribution >= 4 is 12.0 Å². The second kappa shape index (κ2) is 11.2. The summed E-state index contributed by atoms with van der Waals surface area (Å²) in [5, 5.41) is 3.25. The Kier molecular flexibility index (Phi) is 8.64. The van der Waals surface area contributed by atoms with Crippen molar-refractivity contribution < 1.29 is 14.3 Å². The maximum Gasteiger partial charge on any atom is 0.333 e. The third-order valence-corrected chi connectivity index (χ3v) is 7.56. The van der Waals surface area contributed by atoms with Crippen molar-refractivity contribution in [3.63, 3.8) is 0 Å². The lowest BCUT2D eigenvalue weighted by Crippen LogP contribution is -2.46. The van der Waals surface area contributed by atoms with Gasteiger partial charge in [-0.05, 0) is 77.0 Å². The van der Waals surface area contributed by atoms with Gasteiger partial charge in [0.25, 0.3) is 0 Å². The SMILES string of the molecule is CCCC(C/C=C(/C)C(=O)OCC)CC1CCC(N2C(=O)NC3CCCC[C@H]32)CC1. The van der Waals surface area contributed by atoms with Gasteiger partial charge in [-0.1, -0.05) is 38.7 Å². The van der Waals surface area contributed by atoms with Crippen LogP contribution in [0.4, 0.5) is 4.79 Å². The highest BCUT2D eigenvalue weighted by Crippen LogP contribution is 2.38. The molecule has 3 fully saturated rings. The van der Waals surface area contributed by atoms with Gasteiger partial charge in [0.1, 0.15) is 0 Å². The maximum atomic E-state index is 12.6. The second-order valence-corrected chi connectivity index (χ2v) is 9.72. The quantitative estimate of drug-likeness (QED) is 0.392. The smallest absolute Gasteiger partial charge is 0.333 e. The summed E-state index contributed by atoms with van der Waals surface area (Å²) in [4.78, 5) is 26.7. The Balaban J connectivity index is 1.49. The van der Waals surface area contributed by atoms with Crippen LogP contribution in [-0.4, -0.2) is 41.6 Å². The van der Waals surface area contributed by atoms with E-state index in [0.717, 1.165) is 37.2 Å². The standard InChI is InChI=1S/C25H42N2O3/c1-4-8-19(12-11-18(3)24(28)30-5-2)17-20-13-15-21(16-14-20)27-23-10-7-6-9-22(23)26-25(27)29/h11,19-23H,4-10,12-17H2,1-3H3,(H,26,29)/b18-11-/t19?,20?,21?,22?,23-/m1/s1. The van der Waals surface area contributed by atoms with Gasteiger partial charge in [-0.2, -0.15) is 0 Å². The molecule has 2 aliphatic carbocycles. The van der Waals surface area contributed by atoms with Gasteiger partial charge < -0.3 is 15.0 Å². The topological polar surface area (TPSA) is 58.6 Å². The number of amides is 2. The van der Waals surface area contributed by atoms with Crippen molar-refractivity contribution in [2.45, 2.75) is 116 Å². The van der Waals surface area contributed by atoms with Gasteiger partial charge in [0.2, 0.25) is 0 Å². The third kappa shape index (κ3) is 5.79. The van der Waals surface area contributed by atoms with E-state index < -0.39 is 0 Å². The molecule has 1 aliphatic heterocycles. The lowest BCUT2D eigenvalue weighted by molar-refractivity contribution is -0.138. The molecule has 2 unspecified atom stereocenters. The van der Waals surface area contributed by atoms with Crippen LogP contribution in [0, 0.1) is 11.8 Å². The molecule has 0 aromatic carbocycles. The van der Waals surface area contributed by atoms with E-state index in [2.05, 4.69) is 23.2 Å². The fourth-order valence-electron chi connectivity index (χ4n) is 5.97. The number of rotatable bonds is 9. The molecule has 1 heterocycles. The fourth-order valence-corrected chi connectivity index (χ4v) is 5.97. The van der Waals surface area contributed by atoms with Crippen LogP contribution >= 0.6 is 0 Å². The number of carbonyl (C=O) groups is 2. The molecule has 5 heteroatoms. The predicted molar refractivity (Wildman–Crippen MR) is 120 cm³/mol. The molecule has 3 atom stereocenters. The molecule has 1 N–H and O–H groups in total. The van der Waals surface area contributed by atoms with Gasteiger partial charge in [0.05, 0.1) is 18.7 Å². The van der Waals surface area contributed by atoms with E-state index in [1.807, 2.05) is 13.8 Å². The maximum absolute atomic E-state index is 12.6. The van der Waals surface area contributed by atoms with Gasteiger partial charge in [0.15, 0.2) is 0 Å². The first kappa shape index (κ1) is 23.1. The Bertz CT molecular complexity index is 610. The Morgan fingerprint density at radius 3 is 2.60 bits per heavy atom. The minimum absolute atomic E-state index is 0.182. The van der Waals surface area contributed by atoms with Crippen molar-refractivity contribution in [1.82, 2.24) is 10.2 Å². The molecular weight excluding hydrogens is 376 g/mol. The Morgan fingerprint density at radius 1 is 1.17 bits per heavy atom. The number of nitrogens with zero attached hydrogens (tertiary/aromatic N) is 1. The van der Waals surface area contributed by atoms with Gasteiger partial charge in [-0.25, -0.2) is 9.59 Å². The molecule has 0 aromatic heterocycles. The molecule has 30 heavy (non-hydrogen) atoms. The van der Waals surface area contributed by atoms with Crippen LogP contribution in [0.1, 0.15) is 97.8 Å². The summed E-state index contributed by atoms with van der Waals surface area (Å²) in [6, 6.07) is 1.47. The van der Waals surface area contributed by atoms with E-state index in [0.29, 0.717) is 30.7 Å². The van der Waals surface area contributed by atoms with E-state index in [9.17, 15) is 9.59 Å². The summed E-state index contributed by atoms with van der Waals surface area (Å²) in [6.45, 7) is 6.40. The van der Waals surface area contributed by atoms with E-state index in [1.165, 1.54) is 51.4 Å². The summed E-state index contributed by atoms with van der Waals surface area (Å²) in [5.74, 6) is 1.21. The summed E-state index contributed by atoms with van der Waals surface area (Å²) >= 11 is 0. The zero-order chi connectivity index (χ0) is 21.5. The first-order chi connectivity index (χ1) is 14.5. The molecule has 0 aromatic rings. The van der Waals surface area contributed by atoms with Crippen LogP contribution in [-0.2, 0) is 9.53 Å². The minimum atomic E-state index is -0.182. The monoisotopic (exact) mass is 418 g/mol. The van der Waals surface area contributed by atoms with Gasteiger partial charge in [0, 0.05) is 11.6 Å². The molecule has 0 bridgehead atoms. The van der Waals surface area contributed by atoms with Gasteiger partial charge >= 0.3 is 12.0 Å². The highest BCUT2D eigenvalue weighted by atomic mass is 16.5. The van der Waals surface area contributed by atoms with Crippen molar-refractivity contribution in [2.75, 3.05) is 6.61 Å². The third-order valence-electron chi connectivity index (χ3n) is 7.56. The number of hydrogen-bond acceptors (Lipinski definition) is 3. The first-order valence-electron chi connectivity index (χ1n) is 12.5.